The molecule has 1 aromatic carbocycles. The lowest BCUT2D eigenvalue weighted by molar-refractivity contribution is -0.132. The molecule has 1 atom stereocenters. The molecule has 1 aromatic rings. The third-order valence-corrected chi connectivity index (χ3v) is 3.51. The van der Waals surface area contributed by atoms with Crippen LogP contribution < -0.4 is 15.5 Å². The second-order valence-electron chi connectivity index (χ2n) is 6.49. The molecule has 0 radical (unpaired) electrons. The molecule has 0 spiro atoms. The van der Waals surface area contributed by atoms with Crippen molar-refractivity contribution in [3.63, 3.8) is 0 Å². The first-order chi connectivity index (χ1) is 9.76. The highest BCUT2D eigenvalue weighted by Crippen LogP contribution is 2.20. The van der Waals surface area contributed by atoms with Gasteiger partial charge in [-0.2, -0.15) is 0 Å². The summed E-state index contributed by atoms with van der Waals surface area (Å²) in [5.74, 6) is -0.499. The van der Waals surface area contributed by atoms with Crippen molar-refractivity contribution >= 4 is 17.5 Å². The van der Waals surface area contributed by atoms with Gasteiger partial charge < -0.3 is 10.2 Å². The largest absolute Gasteiger partial charge is 0.350 e. The van der Waals surface area contributed by atoms with E-state index in [2.05, 4.69) is 31.4 Å². The molecular formula is C16H23N3O2. The maximum atomic E-state index is 11.7. The fourth-order valence-electron chi connectivity index (χ4n) is 2.20. The number of carbonyl (C=O) groups is 2. The van der Waals surface area contributed by atoms with Crippen LogP contribution in [0.1, 0.15) is 33.3 Å². The molecule has 0 bridgehead atoms. The minimum absolute atomic E-state index is 0.0740. The van der Waals surface area contributed by atoms with Crippen molar-refractivity contribution in [2.24, 2.45) is 0 Å². The molecule has 1 aliphatic heterocycles. The van der Waals surface area contributed by atoms with E-state index < -0.39 is 0 Å². The summed E-state index contributed by atoms with van der Waals surface area (Å²) >= 11 is 0. The maximum absolute atomic E-state index is 11.7. The Hall–Kier alpha value is -1.88. The highest BCUT2D eigenvalue weighted by atomic mass is 16.2. The van der Waals surface area contributed by atoms with Gasteiger partial charge >= 0.3 is 0 Å². The first kappa shape index (κ1) is 15.5. The van der Waals surface area contributed by atoms with Gasteiger partial charge in [0.2, 0.25) is 11.8 Å². The van der Waals surface area contributed by atoms with Crippen molar-refractivity contribution < 1.29 is 9.59 Å². The fourth-order valence-corrected chi connectivity index (χ4v) is 2.20. The Morgan fingerprint density at radius 1 is 1.24 bits per heavy atom. The van der Waals surface area contributed by atoms with E-state index in [4.69, 9.17) is 0 Å². The van der Waals surface area contributed by atoms with Crippen LogP contribution >= 0.6 is 0 Å². The number of amides is 2. The van der Waals surface area contributed by atoms with Gasteiger partial charge in [-0.05, 0) is 45.4 Å². The van der Waals surface area contributed by atoms with Crippen molar-refractivity contribution in [3.8, 4) is 0 Å². The van der Waals surface area contributed by atoms with Crippen molar-refractivity contribution in [2.45, 2.75) is 45.8 Å². The molecular weight excluding hydrogens is 266 g/mol. The topological polar surface area (TPSA) is 61.4 Å². The lowest BCUT2D eigenvalue weighted by atomic mass is 10.1. The van der Waals surface area contributed by atoms with Crippen molar-refractivity contribution in [1.82, 2.24) is 10.6 Å². The quantitative estimate of drug-likeness (QED) is 0.826. The van der Waals surface area contributed by atoms with E-state index in [-0.39, 0.29) is 29.9 Å². The van der Waals surface area contributed by atoms with E-state index in [0.29, 0.717) is 0 Å². The third-order valence-electron chi connectivity index (χ3n) is 3.51. The van der Waals surface area contributed by atoms with Gasteiger partial charge in [0, 0.05) is 17.8 Å². The van der Waals surface area contributed by atoms with E-state index in [1.165, 1.54) is 5.56 Å². The van der Waals surface area contributed by atoms with Crippen LogP contribution in [0, 0.1) is 0 Å². The zero-order chi connectivity index (χ0) is 15.6. The van der Waals surface area contributed by atoms with Crippen LogP contribution in [-0.4, -0.2) is 29.9 Å². The van der Waals surface area contributed by atoms with Crippen molar-refractivity contribution in [3.05, 3.63) is 29.8 Å². The summed E-state index contributed by atoms with van der Waals surface area (Å²) in [4.78, 5) is 25.0. The molecule has 1 aliphatic rings. The minimum Gasteiger partial charge on any atom is -0.350 e. The van der Waals surface area contributed by atoms with Gasteiger partial charge in [0.25, 0.3) is 0 Å². The highest BCUT2D eigenvalue weighted by molar-refractivity contribution is 6.04. The SMILES string of the molecule is CC1C(=O)NC(=O)CN1c1ccc(CNC(C)(C)C)cc1. The van der Waals surface area contributed by atoms with Crippen LogP contribution in [0.4, 0.5) is 5.69 Å². The number of hydrogen-bond acceptors (Lipinski definition) is 4. The molecule has 1 fully saturated rings. The number of rotatable bonds is 3. The van der Waals surface area contributed by atoms with E-state index in [9.17, 15) is 9.59 Å². The molecule has 0 aromatic heterocycles. The number of nitrogens with zero attached hydrogens (tertiary/aromatic N) is 1. The van der Waals surface area contributed by atoms with E-state index in [1.54, 1.807) is 6.92 Å². The number of piperazine rings is 1. The van der Waals surface area contributed by atoms with Crippen LogP contribution in [0.3, 0.4) is 0 Å². The van der Waals surface area contributed by atoms with Gasteiger partial charge in [0.1, 0.15) is 6.04 Å². The van der Waals surface area contributed by atoms with Crippen LogP contribution in [0.15, 0.2) is 24.3 Å². The minimum atomic E-state index is -0.332. The Morgan fingerprint density at radius 2 is 1.86 bits per heavy atom. The number of benzene rings is 1. The molecule has 0 aliphatic carbocycles. The molecule has 5 nitrogen and oxygen atoms in total. The van der Waals surface area contributed by atoms with E-state index in [1.807, 2.05) is 29.2 Å². The molecule has 2 rings (SSSR count). The van der Waals surface area contributed by atoms with Crippen LogP contribution in [0.2, 0.25) is 0 Å². The number of hydrogen-bond donors (Lipinski definition) is 2. The summed E-state index contributed by atoms with van der Waals surface area (Å²) in [7, 11) is 0. The molecule has 1 heterocycles. The van der Waals surface area contributed by atoms with Gasteiger partial charge in [-0.25, -0.2) is 0 Å². The van der Waals surface area contributed by atoms with Gasteiger partial charge in [-0.3, -0.25) is 14.9 Å². The monoisotopic (exact) mass is 289 g/mol. The highest BCUT2D eigenvalue weighted by Gasteiger charge is 2.30. The second kappa shape index (κ2) is 5.85. The average molecular weight is 289 g/mol. The number of imide groups is 1. The normalized spacial score (nSPS) is 19.6. The Morgan fingerprint density at radius 3 is 2.43 bits per heavy atom. The predicted molar refractivity (Wildman–Crippen MR) is 83.0 cm³/mol. The second-order valence-corrected chi connectivity index (χ2v) is 6.49. The summed E-state index contributed by atoms with van der Waals surface area (Å²) in [6.45, 7) is 9.19. The Kier molecular flexibility index (Phi) is 4.32. The summed E-state index contributed by atoms with van der Waals surface area (Å²) < 4.78 is 0. The first-order valence-electron chi connectivity index (χ1n) is 7.20. The first-order valence-corrected chi connectivity index (χ1v) is 7.20. The molecule has 114 valence electrons. The lowest BCUT2D eigenvalue weighted by Crippen LogP contribution is -2.57. The van der Waals surface area contributed by atoms with Crippen molar-refractivity contribution in [1.29, 1.82) is 0 Å². The molecule has 2 amide bonds. The van der Waals surface area contributed by atoms with Crippen LogP contribution in [-0.2, 0) is 16.1 Å². The Bertz CT molecular complexity index is 531. The smallest absolute Gasteiger partial charge is 0.249 e. The summed E-state index contributed by atoms with van der Waals surface area (Å²) in [6.07, 6.45) is 0. The van der Waals surface area contributed by atoms with Crippen LogP contribution in [0.25, 0.3) is 0 Å². The zero-order valence-corrected chi connectivity index (χ0v) is 13.1. The van der Waals surface area contributed by atoms with Crippen LogP contribution in [0.5, 0.6) is 0 Å². The molecule has 0 saturated carbocycles. The van der Waals surface area contributed by atoms with Gasteiger partial charge in [-0.15, -0.1) is 0 Å². The molecule has 1 saturated heterocycles. The van der Waals surface area contributed by atoms with Gasteiger partial charge in [0.05, 0.1) is 6.54 Å². The maximum Gasteiger partial charge on any atom is 0.249 e. The van der Waals surface area contributed by atoms with E-state index in [0.717, 1.165) is 12.2 Å². The number of nitrogens with one attached hydrogen (secondary N) is 2. The predicted octanol–water partition coefficient (Wildman–Crippen LogP) is 1.43. The summed E-state index contributed by atoms with van der Waals surface area (Å²) in [5.41, 5.74) is 2.14. The van der Waals surface area contributed by atoms with E-state index >= 15 is 0 Å². The number of anilines is 1. The standard InChI is InChI=1S/C16H23N3O2/c1-11-15(21)18-14(20)10-19(11)13-7-5-12(6-8-13)9-17-16(2,3)4/h5-8,11,17H,9-10H2,1-4H3,(H,18,20,21). The molecule has 21 heavy (non-hydrogen) atoms. The zero-order valence-electron chi connectivity index (χ0n) is 13.1. The van der Waals surface area contributed by atoms with Gasteiger partial charge in [-0.1, -0.05) is 12.1 Å². The molecule has 5 heteroatoms. The Balaban J connectivity index is 2.07. The lowest BCUT2D eigenvalue weighted by Gasteiger charge is -2.33. The van der Waals surface area contributed by atoms with Gasteiger partial charge in [0.15, 0.2) is 0 Å². The summed E-state index contributed by atoms with van der Waals surface area (Å²) in [5, 5.41) is 5.78. The molecule has 1 unspecified atom stereocenters. The number of carbonyl (C=O) groups excluding carboxylic acids is 2. The summed E-state index contributed by atoms with van der Waals surface area (Å²) in [6, 6.07) is 7.64. The third kappa shape index (κ3) is 4.04. The molecule has 2 N–H and O–H groups in total. The van der Waals surface area contributed by atoms with Crippen molar-refractivity contribution in [2.75, 3.05) is 11.4 Å². The average Bonchev–Trinajstić information content (AvgIpc) is 2.40. The Labute approximate surface area is 125 Å². The fraction of sp³-hybridized carbons (Fsp3) is 0.500.